The lowest BCUT2D eigenvalue weighted by molar-refractivity contribution is -0.137. The van der Waals surface area contributed by atoms with Gasteiger partial charge < -0.3 is 14.5 Å². The Morgan fingerprint density at radius 2 is 1.72 bits per heavy atom. The zero-order valence-corrected chi connectivity index (χ0v) is 24.5. The Labute approximate surface area is 256 Å². The number of H-pyrrole nitrogens is 1. The molecule has 0 aliphatic heterocycles. The summed E-state index contributed by atoms with van der Waals surface area (Å²) in [6, 6.07) is 20.8. The maximum atomic E-state index is 13.4. The fourth-order valence-electron chi connectivity index (χ4n) is 4.39. The van der Waals surface area contributed by atoms with Crippen molar-refractivity contribution in [3.63, 3.8) is 0 Å². The van der Waals surface area contributed by atoms with Crippen molar-refractivity contribution in [2.24, 2.45) is 5.10 Å². The van der Waals surface area contributed by atoms with Crippen LogP contribution in [0.15, 0.2) is 94.5 Å². The molecule has 0 aliphatic carbocycles. The Morgan fingerprint density at radius 3 is 2.47 bits per heavy atom. The molecular formula is C31H20BrClF3N3O4. The number of benzene rings is 4. The molecule has 5 aromatic rings. The first-order valence-electron chi connectivity index (χ1n) is 12.5. The number of carbonyl (C=O) groups is 2. The number of nitrogens with zero attached hydrogens (tertiary/aromatic N) is 1. The predicted molar refractivity (Wildman–Crippen MR) is 161 cm³/mol. The molecule has 0 radical (unpaired) electrons. The predicted octanol–water partition coefficient (Wildman–Crippen LogP) is 8.26. The average Bonchev–Trinajstić information content (AvgIpc) is 3.39. The molecule has 12 heteroatoms. The maximum absolute atomic E-state index is 13.4. The molecule has 2 N–H and O–H groups in total. The first-order valence-corrected chi connectivity index (χ1v) is 13.7. The molecule has 218 valence electrons. The van der Waals surface area contributed by atoms with Crippen molar-refractivity contribution in [3.8, 4) is 22.6 Å². The van der Waals surface area contributed by atoms with Crippen LogP contribution in [-0.2, 0) is 6.18 Å². The van der Waals surface area contributed by atoms with Crippen molar-refractivity contribution >= 4 is 56.5 Å². The number of esters is 1. The number of hydrogen-bond donors (Lipinski definition) is 2. The third-order valence-electron chi connectivity index (χ3n) is 6.37. The molecule has 5 rings (SSSR count). The van der Waals surface area contributed by atoms with Crippen LogP contribution < -0.4 is 14.9 Å². The summed E-state index contributed by atoms with van der Waals surface area (Å²) < 4.78 is 50.8. The van der Waals surface area contributed by atoms with Crippen molar-refractivity contribution in [1.29, 1.82) is 0 Å². The van der Waals surface area contributed by atoms with Crippen LogP contribution in [0.5, 0.6) is 11.5 Å². The molecule has 0 saturated heterocycles. The summed E-state index contributed by atoms with van der Waals surface area (Å²) in [6.07, 6.45) is -3.36. The number of hydrogen-bond acceptors (Lipinski definition) is 5. The first-order chi connectivity index (χ1) is 20.6. The van der Waals surface area contributed by atoms with Gasteiger partial charge >= 0.3 is 12.1 Å². The molecule has 0 atom stereocenters. The van der Waals surface area contributed by atoms with E-state index in [2.05, 4.69) is 31.4 Å². The number of amides is 1. The van der Waals surface area contributed by atoms with E-state index in [1.165, 1.54) is 25.5 Å². The highest BCUT2D eigenvalue weighted by Crippen LogP contribution is 2.43. The topological polar surface area (TPSA) is 92.8 Å². The molecule has 1 amide bonds. The Balaban J connectivity index is 1.43. The number of nitrogens with one attached hydrogen (secondary N) is 2. The minimum Gasteiger partial charge on any atom is -0.495 e. The second kappa shape index (κ2) is 12.3. The third kappa shape index (κ3) is 6.27. The van der Waals surface area contributed by atoms with Gasteiger partial charge in [-0.05, 0) is 48.5 Å². The van der Waals surface area contributed by atoms with E-state index in [9.17, 15) is 22.8 Å². The van der Waals surface area contributed by atoms with Gasteiger partial charge in [-0.15, -0.1) is 0 Å². The van der Waals surface area contributed by atoms with Gasteiger partial charge in [-0.25, -0.2) is 10.2 Å². The number of ether oxygens (including phenoxy) is 2. The Hall–Kier alpha value is -4.61. The number of aromatic amines is 1. The van der Waals surface area contributed by atoms with Gasteiger partial charge in [-0.1, -0.05) is 63.9 Å². The molecule has 4 aromatic carbocycles. The highest BCUT2D eigenvalue weighted by Gasteiger charge is 2.31. The first kappa shape index (κ1) is 29.9. The van der Waals surface area contributed by atoms with Crippen molar-refractivity contribution in [1.82, 2.24) is 10.4 Å². The van der Waals surface area contributed by atoms with Gasteiger partial charge in [0.1, 0.15) is 17.2 Å². The van der Waals surface area contributed by atoms with Crippen LogP contribution in [0.3, 0.4) is 0 Å². The highest BCUT2D eigenvalue weighted by molar-refractivity contribution is 9.10. The van der Waals surface area contributed by atoms with Gasteiger partial charge in [0.2, 0.25) is 0 Å². The minimum absolute atomic E-state index is 0.0268. The standard InChI is InChI=1S/C31H20BrClF3N3O4/c1-42-24-14-13-21(32)26-25(20-10-3-4-11-22(20)33)28(38-27(24)26)29(40)39-37-16-18-7-2-5-12-23(18)43-30(41)17-8-6-9-19(15-17)31(34,35)36/h2-16,38H,1H3,(H,39,40). The number of methoxy groups -OCH3 is 1. The van der Waals surface area contributed by atoms with Gasteiger partial charge in [-0.3, -0.25) is 4.79 Å². The van der Waals surface area contributed by atoms with Crippen LogP contribution in [0, 0.1) is 0 Å². The highest BCUT2D eigenvalue weighted by atomic mass is 79.9. The SMILES string of the molecule is COc1ccc(Br)c2c(-c3ccccc3Cl)c(C(=O)NN=Cc3ccccc3OC(=O)c3cccc(C(F)(F)F)c3)[nH]c12. The van der Waals surface area contributed by atoms with Crippen LogP contribution in [0.2, 0.25) is 5.02 Å². The summed E-state index contributed by atoms with van der Waals surface area (Å²) in [5, 5.41) is 5.13. The molecule has 1 heterocycles. The Bertz CT molecular complexity index is 1890. The van der Waals surface area contributed by atoms with Crippen LogP contribution in [0.25, 0.3) is 22.0 Å². The average molecular weight is 671 g/mol. The lowest BCUT2D eigenvalue weighted by atomic mass is 10.0. The third-order valence-corrected chi connectivity index (χ3v) is 7.36. The number of fused-ring (bicyclic) bond motifs is 1. The van der Waals surface area contributed by atoms with Gasteiger partial charge in [0.05, 0.1) is 30.0 Å². The van der Waals surface area contributed by atoms with Crippen LogP contribution in [0.1, 0.15) is 32.0 Å². The monoisotopic (exact) mass is 669 g/mol. The fourth-order valence-corrected chi connectivity index (χ4v) is 5.15. The Morgan fingerprint density at radius 1 is 0.977 bits per heavy atom. The molecular weight excluding hydrogens is 651 g/mol. The summed E-state index contributed by atoms with van der Waals surface area (Å²) in [7, 11) is 1.51. The molecule has 0 aliphatic rings. The van der Waals surface area contributed by atoms with E-state index in [4.69, 9.17) is 21.1 Å². The number of rotatable bonds is 7. The van der Waals surface area contributed by atoms with Gasteiger partial charge in [-0.2, -0.15) is 18.3 Å². The van der Waals surface area contributed by atoms with Crippen molar-refractivity contribution in [3.05, 3.63) is 117 Å². The van der Waals surface area contributed by atoms with E-state index in [1.54, 1.807) is 54.6 Å². The molecule has 0 saturated carbocycles. The van der Waals surface area contributed by atoms with Crippen LogP contribution in [0.4, 0.5) is 13.2 Å². The van der Waals surface area contributed by atoms with Gasteiger partial charge in [0.15, 0.2) is 0 Å². The molecule has 0 fully saturated rings. The van der Waals surface area contributed by atoms with Crippen molar-refractivity contribution < 1.29 is 32.2 Å². The molecule has 0 bridgehead atoms. The van der Waals surface area contributed by atoms with E-state index in [0.717, 1.165) is 12.1 Å². The summed E-state index contributed by atoms with van der Waals surface area (Å²) in [5.41, 5.74) is 3.35. The van der Waals surface area contributed by atoms with E-state index in [0.29, 0.717) is 43.3 Å². The van der Waals surface area contributed by atoms with E-state index in [-0.39, 0.29) is 22.6 Å². The smallest absolute Gasteiger partial charge is 0.416 e. The largest absolute Gasteiger partial charge is 0.495 e. The zero-order chi connectivity index (χ0) is 30.7. The number of para-hydroxylation sites is 1. The minimum atomic E-state index is -4.61. The zero-order valence-electron chi connectivity index (χ0n) is 22.1. The number of carbonyl (C=O) groups excluding carboxylic acids is 2. The molecule has 0 spiro atoms. The summed E-state index contributed by atoms with van der Waals surface area (Å²) in [5.74, 6) is -1.06. The van der Waals surface area contributed by atoms with E-state index >= 15 is 0 Å². The van der Waals surface area contributed by atoms with Crippen LogP contribution in [-0.4, -0.2) is 30.2 Å². The van der Waals surface area contributed by atoms with Crippen molar-refractivity contribution in [2.45, 2.75) is 6.18 Å². The number of aromatic nitrogens is 1. The molecule has 43 heavy (non-hydrogen) atoms. The van der Waals surface area contributed by atoms with E-state index < -0.39 is 23.6 Å². The molecule has 0 unspecified atom stereocenters. The summed E-state index contributed by atoms with van der Waals surface area (Å²) in [6.45, 7) is 0. The second-order valence-corrected chi connectivity index (χ2v) is 10.3. The number of hydrazone groups is 1. The van der Waals surface area contributed by atoms with Gasteiger partial charge in [0.25, 0.3) is 5.91 Å². The normalized spacial score (nSPS) is 11.6. The lowest BCUT2D eigenvalue weighted by Gasteiger charge is -2.10. The summed E-state index contributed by atoms with van der Waals surface area (Å²) >= 11 is 10.1. The maximum Gasteiger partial charge on any atom is 0.416 e. The number of alkyl halides is 3. The van der Waals surface area contributed by atoms with Crippen LogP contribution >= 0.6 is 27.5 Å². The van der Waals surface area contributed by atoms with E-state index in [1.807, 2.05) is 0 Å². The molecule has 7 nitrogen and oxygen atoms in total. The molecule has 1 aromatic heterocycles. The van der Waals surface area contributed by atoms with Gasteiger partial charge in [0, 0.05) is 31.6 Å². The number of halogens is 5. The summed E-state index contributed by atoms with van der Waals surface area (Å²) in [4.78, 5) is 29.2. The quantitative estimate of drug-likeness (QED) is 0.0790. The fraction of sp³-hybridized carbons (Fsp3) is 0.0645. The lowest BCUT2D eigenvalue weighted by Crippen LogP contribution is -2.19. The van der Waals surface area contributed by atoms with Crippen molar-refractivity contribution in [2.75, 3.05) is 7.11 Å². The Kier molecular flexibility index (Phi) is 8.56. The second-order valence-electron chi connectivity index (χ2n) is 9.06.